The Bertz CT molecular complexity index is 400. The van der Waals surface area contributed by atoms with Gasteiger partial charge in [-0.25, -0.2) is 4.98 Å². The summed E-state index contributed by atoms with van der Waals surface area (Å²) in [6.07, 6.45) is 1.21. The van der Waals surface area contributed by atoms with Crippen molar-refractivity contribution in [2.24, 2.45) is 0 Å². The molecule has 1 aromatic heterocycles. The number of carboxylic acids is 1. The molecule has 18 heavy (non-hydrogen) atoms. The molecule has 1 aromatic rings. The quantitative estimate of drug-likeness (QED) is 0.873. The number of aliphatic carboxylic acids is 1. The summed E-state index contributed by atoms with van der Waals surface area (Å²) in [4.78, 5) is 19.7. The first-order valence-electron chi connectivity index (χ1n) is 6.32. The number of anilines is 1. The van der Waals surface area contributed by atoms with Crippen LogP contribution in [0.1, 0.15) is 19.0 Å². The monoisotopic (exact) mass is 269 g/mol. The van der Waals surface area contributed by atoms with E-state index in [2.05, 4.69) is 21.7 Å². The number of aromatic nitrogens is 1. The third kappa shape index (κ3) is 3.43. The zero-order chi connectivity index (χ0) is 13.0. The predicted molar refractivity (Wildman–Crippen MR) is 72.4 cm³/mol. The molecular formula is C12H19N3O2S. The highest BCUT2D eigenvalue weighted by atomic mass is 32.1. The van der Waals surface area contributed by atoms with Crippen molar-refractivity contribution in [1.29, 1.82) is 0 Å². The second-order valence-corrected chi connectivity index (χ2v) is 5.36. The van der Waals surface area contributed by atoms with Crippen molar-refractivity contribution in [2.45, 2.75) is 19.8 Å². The van der Waals surface area contributed by atoms with Crippen molar-refractivity contribution in [3.63, 3.8) is 0 Å². The lowest BCUT2D eigenvalue weighted by atomic mass is 10.3. The second kappa shape index (κ2) is 6.15. The molecule has 0 saturated carbocycles. The molecule has 0 aliphatic carbocycles. The van der Waals surface area contributed by atoms with Crippen LogP contribution in [0, 0.1) is 0 Å². The summed E-state index contributed by atoms with van der Waals surface area (Å²) < 4.78 is 0. The van der Waals surface area contributed by atoms with Crippen LogP contribution in [0.2, 0.25) is 0 Å². The number of hydrogen-bond acceptors (Lipinski definition) is 5. The van der Waals surface area contributed by atoms with Gasteiger partial charge in [0.2, 0.25) is 0 Å². The zero-order valence-electron chi connectivity index (χ0n) is 10.6. The highest BCUT2D eigenvalue weighted by molar-refractivity contribution is 7.13. The molecule has 1 fully saturated rings. The van der Waals surface area contributed by atoms with Crippen LogP contribution in [0.15, 0.2) is 5.38 Å². The average Bonchev–Trinajstić information content (AvgIpc) is 2.78. The van der Waals surface area contributed by atoms with Crippen LogP contribution in [0.5, 0.6) is 0 Å². The summed E-state index contributed by atoms with van der Waals surface area (Å²) in [6.45, 7) is 7.48. The molecule has 1 N–H and O–H groups in total. The van der Waals surface area contributed by atoms with Crippen molar-refractivity contribution in [3.8, 4) is 0 Å². The first-order chi connectivity index (χ1) is 8.69. The molecule has 2 heterocycles. The summed E-state index contributed by atoms with van der Waals surface area (Å²) in [7, 11) is 0. The van der Waals surface area contributed by atoms with Gasteiger partial charge >= 0.3 is 5.97 Å². The van der Waals surface area contributed by atoms with Gasteiger partial charge in [-0.3, -0.25) is 9.69 Å². The number of rotatable bonds is 5. The van der Waals surface area contributed by atoms with Crippen molar-refractivity contribution in [1.82, 2.24) is 9.88 Å². The van der Waals surface area contributed by atoms with Gasteiger partial charge in [0.1, 0.15) is 0 Å². The Morgan fingerprint density at radius 3 is 2.78 bits per heavy atom. The number of carboxylic acid groups (broad SMARTS) is 1. The van der Waals surface area contributed by atoms with Crippen molar-refractivity contribution in [2.75, 3.05) is 37.6 Å². The standard InChI is InChI=1S/C12H19N3O2S/c1-2-3-14-4-6-15(7-5-14)12-13-10(9-18-12)8-11(16)17/h9H,2-8H2,1H3,(H,16,17). The third-order valence-electron chi connectivity index (χ3n) is 3.05. The summed E-state index contributed by atoms with van der Waals surface area (Å²) in [5.74, 6) is -0.820. The average molecular weight is 269 g/mol. The molecule has 100 valence electrons. The van der Waals surface area contributed by atoms with E-state index in [1.54, 1.807) is 11.3 Å². The Labute approximate surface area is 111 Å². The maximum Gasteiger partial charge on any atom is 0.309 e. The number of hydrogen-bond donors (Lipinski definition) is 1. The Morgan fingerprint density at radius 1 is 1.44 bits per heavy atom. The molecule has 0 amide bonds. The fourth-order valence-corrected chi connectivity index (χ4v) is 3.04. The minimum Gasteiger partial charge on any atom is -0.481 e. The Morgan fingerprint density at radius 2 is 2.17 bits per heavy atom. The Balaban J connectivity index is 1.89. The minimum absolute atomic E-state index is 0.0201. The lowest BCUT2D eigenvalue weighted by Gasteiger charge is -2.34. The molecule has 0 aromatic carbocycles. The molecule has 0 bridgehead atoms. The van der Waals surface area contributed by atoms with E-state index in [1.807, 2.05) is 5.38 Å². The van der Waals surface area contributed by atoms with Gasteiger partial charge in [-0.15, -0.1) is 11.3 Å². The summed E-state index contributed by atoms with van der Waals surface area (Å²) in [5.41, 5.74) is 0.665. The number of piperazine rings is 1. The van der Waals surface area contributed by atoms with Crippen LogP contribution >= 0.6 is 11.3 Å². The fourth-order valence-electron chi connectivity index (χ4n) is 2.16. The van der Waals surface area contributed by atoms with Crippen molar-refractivity contribution in [3.05, 3.63) is 11.1 Å². The van der Waals surface area contributed by atoms with E-state index in [0.29, 0.717) is 5.69 Å². The molecule has 1 aliphatic heterocycles. The topological polar surface area (TPSA) is 56.7 Å². The summed E-state index contributed by atoms with van der Waals surface area (Å²) in [5, 5.41) is 11.5. The molecule has 5 nitrogen and oxygen atoms in total. The van der Waals surface area contributed by atoms with Crippen molar-refractivity contribution >= 4 is 22.4 Å². The molecule has 0 spiro atoms. The van der Waals surface area contributed by atoms with E-state index in [-0.39, 0.29) is 6.42 Å². The lowest BCUT2D eigenvalue weighted by Crippen LogP contribution is -2.46. The lowest BCUT2D eigenvalue weighted by molar-refractivity contribution is -0.136. The maximum absolute atomic E-state index is 10.6. The van der Waals surface area contributed by atoms with E-state index >= 15 is 0 Å². The summed E-state index contributed by atoms with van der Waals surface area (Å²) in [6, 6.07) is 0. The largest absolute Gasteiger partial charge is 0.481 e. The van der Waals surface area contributed by atoms with Crippen LogP contribution in [0.3, 0.4) is 0 Å². The van der Waals surface area contributed by atoms with Gasteiger partial charge < -0.3 is 10.0 Å². The SMILES string of the molecule is CCCN1CCN(c2nc(CC(=O)O)cs2)CC1. The molecule has 1 saturated heterocycles. The first kappa shape index (κ1) is 13.3. The van der Waals surface area contributed by atoms with E-state index in [0.717, 1.165) is 37.9 Å². The number of carbonyl (C=O) groups is 1. The van der Waals surface area contributed by atoms with Gasteiger partial charge in [-0.05, 0) is 13.0 Å². The Hall–Kier alpha value is -1.14. The molecule has 6 heteroatoms. The van der Waals surface area contributed by atoms with Crippen LogP contribution in [0.4, 0.5) is 5.13 Å². The smallest absolute Gasteiger partial charge is 0.309 e. The van der Waals surface area contributed by atoms with Gasteiger partial charge in [-0.1, -0.05) is 6.92 Å². The summed E-state index contributed by atoms with van der Waals surface area (Å²) >= 11 is 1.55. The highest BCUT2D eigenvalue weighted by Gasteiger charge is 2.19. The Kier molecular flexibility index (Phi) is 4.54. The number of thiazole rings is 1. The number of nitrogens with zero attached hydrogens (tertiary/aromatic N) is 3. The third-order valence-corrected chi connectivity index (χ3v) is 4.00. The van der Waals surface area contributed by atoms with Gasteiger partial charge in [0.05, 0.1) is 12.1 Å². The van der Waals surface area contributed by atoms with Crippen molar-refractivity contribution < 1.29 is 9.90 Å². The molecule has 0 atom stereocenters. The van der Waals surface area contributed by atoms with Crippen LogP contribution in [0.25, 0.3) is 0 Å². The van der Waals surface area contributed by atoms with E-state index in [1.165, 1.54) is 6.42 Å². The van der Waals surface area contributed by atoms with Crippen LogP contribution < -0.4 is 4.90 Å². The predicted octanol–water partition coefficient (Wildman–Crippen LogP) is 1.30. The molecule has 1 aliphatic rings. The second-order valence-electron chi connectivity index (χ2n) is 4.52. The van der Waals surface area contributed by atoms with E-state index in [9.17, 15) is 4.79 Å². The van der Waals surface area contributed by atoms with Gasteiger partial charge in [-0.2, -0.15) is 0 Å². The van der Waals surface area contributed by atoms with E-state index < -0.39 is 5.97 Å². The van der Waals surface area contributed by atoms with Gasteiger partial charge in [0.25, 0.3) is 0 Å². The highest BCUT2D eigenvalue weighted by Crippen LogP contribution is 2.22. The molecule has 2 rings (SSSR count). The van der Waals surface area contributed by atoms with Gasteiger partial charge in [0, 0.05) is 31.6 Å². The zero-order valence-corrected chi connectivity index (χ0v) is 11.4. The maximum atomic E-state index is 10.6. The van der Waals surface area contributed by atoms with E-state index in [4.69, 9.17) is 5.11 Å². The van der Waals surface area contributed by atoms with Gasteiger partial charge in [0.15, 0.2) is 5.13 Å². The minimum atomic E-state index is -0.820. The molecule has 0 unspecified atom stereocenters. The normalized spacial score (nSPS) is 17.1. The first-order valence-corrected chi connectivity index (χ1v) is 7.20. The molecule has 0 radical (unpaired) electrons. The van der Waals surface area contributed by atoms with Crippen LogP contribution in [-0.2, 0) is 11.2 Å². The van der Waals surface area contributed by atoms with Crippen LogP contribution in [-0.4, -0.2) is 53.7 Å². The molecular weight excluding hydrogens is 250 g/mol. The fraction of sp³-hybridized carbons (Fsp3) is 0.667.